The number of carbonyl (C=O) groups excluding carboxylic acids is 1. The van der Waals surface area contributed by atoms with Crippen LogP contribution in [0.15, 0.2) is 18.2 Å². The maximum Gasteiger partial charge on any atom is 0.271 e. The van der Waals surface area contributed by atoms with E-state index < -0.39 is 11.0 Å². The van der Waals surface area contributed by atoms with E-state index in [9.17, 15) is 14.9 Å². The van der Waals surface area contributed by atoms with Gasteiger partial charge < -0.3 is 10.6 Å². The second-order valence-corrected chi connectivity index (χ2v) is 4.09. The Bertz CT molecular complexity index is 465. The van der Waals surface area contributed by atoms with Crippen molar-refractivity contribution in [2.24, 2.45) is 0 Å². The molecule has 18 heavy (non-hydrogen) atoms. The monoisotopic (exact) mass is 271 g/mol. The van der Waals surface area contributed by atoms with Gasteiger partial charge in [-0.15, -0.1) is 0 Å². The Morgan fingerprint density at radius 2 is 2.22 bits per heavy atom. The number of nitrogens with zero attached hydrogens (tertiary/aromatic N) is 1. The topological polar surface area (TPSA) is 84.3 Å². The average Bonchev–Trinajstić information content (AvgIpc) is 2.31. The standard InChI is InChI=1S/C11H14ClN3O3/c1-3-13-11(16)7(2)14-10-5-4-8(15(17)18)6-9(10)12/h4-7,14H,3H2,1-2H3,(H,13,16). The predicted octanol–water partition coefficient (Wildman–Crippen LogP) is 2.18. The highest BCUT2D eigenvalue weighted by atomic mass is 35.5. The number of hydrogen-bond acceptors (Lipinski definition) is 4. The Kier molecular flexibility index (Phi) is 4.91. The minimum atomic E-state index is -0.525. The molecule has 1 aromatic carbocycles. The summed E-state index contributed by atoms with van der Waals surface area (Å²) in [7, 11) is 0. The van der Waals surface area contributed by atoms with E-state index in [-0.39, 0.29) is 16.6 Å². The lowest BCUT2D eigenvalue weighted by Gasteiger charge is -2.15. The van der Waals surface area contributed by atoms with Gasteiger partial charge in [-0.2, -0.15) is 0 Å². The number of amides is 1. The molecule has 0 bridgehead atoms. The summed E-state index contributed by atoms with van der Waals surface area (Å²) in [6.07, 6.45) is 0. The zero-order valence-electron chi connectivity index (χ0n) is 10.1. The SMILES string of the molecule is CCNC(=O)C(C)Nc1ccc([N+](=O)[O-])cc1Cl. The smallest absolute Gasteiger partial charge is 0.271 e. The van der Waals surface area contributed by atoms with Gasteiger partial charge in [-0.25, -0.2) is 0 Å². The highest BCUT2D eigenvalue weighted by Gasteiger charge is 2.14. The van der Waals surface area contributed by atoms with Crippen molar-refractivity contribution >= 4 is 28.9 Å². The number of rotatable bonds is 5. The Morgan fingerprint density at radius 1 is 1.56 bits per heavy atom. The van der Waals surface area contributed by atoms with Crippen molar-refractivity contribution in [2.45, 2.75) is 19.9 Å². The minimum Gasteiger partial charge on any atom is -0.373 e. The minimum absolute atomic E-state index is 0.0868. The second-order valence-electron chi connectivity index (χ2n) is 3.68. The molecule has 0 heterocycles. The van der Waals surface area contributed by atoms with Gasteiger partial charge >= 0.3 is 0 Å². The molecule has 1 aromatic rings. The van der Waals surface area contributed by atoms with E-state index in [0.29, 0.717) is 12.2 Å². The first-order chi connectivity index (χ1) is 8.45. The third-order valence-corrected chi connectivity index (χ3v) is 2.59. The van der Waals surface area contributed by atoms with Crippen molar-refractivity contribution in [1.29, 1.82) is 0 Å². The van der Waals surface area contributed by atoms with Crippen LogP contribution in [0.4, 0.5) is 11.4 Å². The summed E-state index contributed by atoms with van der Waals surface area (Å²) in [5.74, 6) is -0.160. The first-order valence-corrected chi connectivity index (χ1v) is 5.81. The molecule has 0 saturated carbocycles. The van der Waals surface area contributed by atoms with E-state index in [2.05, 4.69) is 10.6 Å². The Hall–Kier alpha value is -1.82. The zero-order chi connectivity index (χ0) is 13.7. The van der Waals surface area contributed by atoms with Gasteiger partial charge in [-0.05, 0) is 19.9 Å². The number of non-ortho nitro benzene ring substituents is 1. The molecule has 0 aliphatic heterocycles. The number of anilines is 1. The fraction of sp³-hybridized carbons (Fsp3) is 0.364. The first kappa shape index (κ1) is 14.2. The van der Waals surface area contributed by atoms with Crippen LogP contribution in [-0.2, 0) is 4.79 Å². The zero-order valence-corrected chi connectivity index (χ0v) is 10.8. The molecule has 6 nitrogen and oxygen atoms in total. The number of benzene rings is 1. The van der Waals surface area contributed by atoms with Crippen molar-refractivity contribution < 1.29 is 9.72 Å². The van der Waals surface area contributed by atoms with Crippen LogP contribution in [0.1, 0.15) is 13.8 Å². The average molecular weight is 272 g/mol. The van der Waals surface area contributed by atoms with Crippen LogP contribution in [0.25, 0.3) is 0 Å². The summed E-state index contributed by atoms with van der Waals surface area (Å²) in [6, 6.07) is 3.59. The molecule has 1 amide bonds. The van der Waals surface area contributed by atoms with Crippen LogP contribution in [0, 0.1) is 10.1 Å². The molecule has 0 spiro atoms. The van der Waals surface area contributed by atoms with Crippen LogP contribution in [-0.4, -0.2) is 23.4 Å². The lowest BCUT2D eigenvalue weighted by molar-refractivity contribution is -0.384. The van der Waals surface area contributed by atoms with Crippen LogP contribution in [0.2, 0.25) is 5.02 Å². The molecule has 0 fully saturated rings. The summed E-state index contributed by atoms with van der Waals surface area (Å²) < 4.78 is 0. The van der Waals surface area contributed by atoms with E-state index in [1.54, 1.807) is 6.92 Å². The Balaban J connectivity index is 2.79. The fourth-order valence-electron chi connectivity index (χ4n) is 1.36. The molecule has 1 rings (SSSR count). The summed E-state index contributed by atoms with van der Waals surface area (Å²) in [5.41, 5.74) is 0.400. The maximum absolute atomic E-state index is 11.5. The van der Waals surface area contributed by atoms with Crippen molar-refractivity contribution in [1.82, 2.24) is 5.32 Å². The number of hydrogen-bond donors (Lipinski definition) is 2. The summed E-state index contributed by atoms with van der Waals surface area (Å²) >= 11 is 5.90. The number of nitrogens with one attached hydrogen (secondary N) is 2. The van der Waals surface area contributed by atoms with Gasteiger partial charge in [0.05, 0.1) is 15.6 Å². The van der Waals surface area contributed by atoms with E-state index in [4.69, 9.17) is 11.6 Å². The van der Waals surface area contributed by atoms with Crippen LogP contribution < -0.4 is 10.6 Å². The highest BCUT2D eigenvalue weighted by Crippen LogP contribution is 2.27. The molecule has 0 radical (unpaired) electrons. The third kappa shape index (κ3) is 3.59. The molecular weight excluding hydrogens is 258 g/mol. The lowest BCUT2D eigenvalue weighted by Crippen LogP contribution is -2.37. The van der Waals surface area contributed by atoms with Crippen LogP contribution in [0.3, 0.4) is 0 Å². The maximum atomic E-state index is 11.5. The summed E-state index contributed by atoms with van der Waals surface area (Å²) in [5, 5.41) is 16.3. The molecule has 0 aromatic heterocycles. The fourth-order valence-corrected chi connectivity index (χ4v) is 1.59. The van der Waals surface area contributed by atoms with Crippen LogP contribution in [0.5, 0.6) is 0 Å². The third-order valence-electron chi connectivity index (χ3n) is 2.28. The van der Waals surface area contributed by atoms with Crippen molar-refractivity contribution in [3.8, 4) is 0 Å². The highest BCUT2D eigenvalue weighted by molar-refractivity contribution is 6.33. The first-order valence-electron chi connectivity index (χ1n) is 5.44. The normalized spacial score (nSPS) is 11.7. The quantitative estimate of drug-likeness (QED) is 0.635. The van der Waals surface area contributed by atoms with Crippen molar-refractivity contribution in [2.75, 3.05) is 11.9 Å². The van der Waals surface area contributed by atoms with Crippen molar-refractivity contribution in [3.63, 3.8) is 0 Å². The van der Waals surface area contributed by atoms with Gasteiger partial charge in [0.2, 0.25) is 5.91 Å². The Morgan fingerprint density at radius 3 is 2.72 bits per heavy atom. The van der Waals surface area contributed by atoms with E-state index >= 15 is 0 Å². The second kappa shape index (κ2) is 6.20. The molecule has 0 saturated heterocycles. The lowest BCUT2D eigenvalue weighted by atomic mass is 10.2. The number of nitro benzene ring substituents is 1. The van der Waals surface area contributed by atoms with Crippen LogP contribution >= 0.6 is 11.6 Å². The summed E-state index contributed by atoms with van der Waals surface area (Å²) in [6.45, 7) is 4.05. The number of nitro groups is 1. The molecule has 98 valence electrons. The van der Waals surface area contributed by atoms with Gasteiger partial charge in [-0.1, -0.05) is 11.6 Å². The molecule has 2 N–H and O–H groups in total. The van der Waals surface area contributed by atoms with E-state index in [1.807, 2.05) is 6.92 Å². The largest absolute Gasteiger partial charge is 0.373 e. The van der Waals surface area contributed by atoms with Gasteiger partial charge in [0.25, 0.3) is 5.69 Å². The molecule has 0 aliphatic carbocycles. The predicted molar refractivity (Wildman–Crippen MR) is 69.9 cm³/mol. The summed E-state index contributed by atoms with van der Waals surface area (Å²) in [4.78, 5) is 21.5. The molecule has 7 heteroatoms. The van der Waals surface area contributed by atoms with E-state index in [0.717, 1.165) is 0 Å². The molecule has 0 aliphatic rings. The number of halogens is 1. The van der Waals surface area contributed by atoms with Gasteiger partial charge in [0.15, 0.2) is 0 Å². The molecule has 1 atom stereocenters. The number of carbonyl (C=O) groups is 1. The van der Waals surface area contributed by atoms with E-state index in [1.165, 1.54) is 18.2 Å². The van der Waals surface area contributed by atoms with Gasteiger partial charge in [0, 0.05) is 18.7 Å². The number of likely N-dealkylation sites (N-methyl/N-ethyl adjacent to an activating group) is 1. The van der Waals surface area contributed by atoms with Crippen molar-refractivity contribution in [3.05, 3.63) is 33.3 Å². The Labute approximate surface area is 109 Å². The van der Waals surface area contributed by atoms with Gasteiger partial charge in [0.1, 0.15) is 6.04 Å². The molecular formula is C11H14ClN3O3. The molecule has 1 unspecified atom stereocenters. The van der Waals surface area contributed by atoms with Gasteiger partial charge in [-0.3, -0.25) is 14.9 Å².